The highest BCUT2D eigenvalue weighted by molar-refractivity contribution is 6.30. The van der Waals surface area contributed by atoms with Crippen LogP contribution in [0.4, 0.5) is 0 Å². The van der Waals surface area contributed by atoms with Crippen molar-refractivity contribution in [3.8, 4) is 17.2 Å². The summed E-state index contributed by atoms with van der Waals surface area (Å²) in [5.74, 6) is 2.28. The van der Waals surface area contributed by atoms with E-state index in [1.165, 1.54) is 0 Å². The molecule has 2 aromatic rings. The normalized spacial score (nSPS) is 10.5. The molecule has 0 spiro atoms. The number of rotatable bonds is 9. The van der Waals surface area contributed by atoms with Crippen LogP contribution in [0.15, 0.2) is 36.4 Å². The minimum absolute atomic E-state index is 0.619. The summed E-state index contributed by atoms with van der Waals surface area (Å²) in [5, 5.41) is 4.04. The van der Waals surface area contributed by atoms with Crippen molar-refractivity contribution in [3.63, 3.8) is 0 Å². The summed E-state index contributed by atoms with van der Waals surface area (Å²) in [6.45, 7) is 4.01. The van der Waals surface area contributed by atoms with Crippen LogP contribution in [-0.4, -0.2) is 20.8 Å². The molecule has 0 unspecified atom stereocenters. The van der Waals surface area contributed by atoms with Crippen molar-refractivity contribution >= 4 is 11.6 Å². The Morgan fingerprint density at radius 3 is 2.38 bits per heavy atom. The molecule has 0 bridgehead atoms. The number of hydrogen-bond acceptors (Lipinski definition) is 4. The summed E-state index contributed by atoms with van der Waals surface area (Å²) in [7, 11) is 3.30. The first-order chi connectivity index (χ1) is 11.7. The highest BCUT2D eigenvalue weighted by Crippen LogP contribution is 2.35. The first-order valence-electron chi connectivity index (χ1n) is 8.01. The lowest BCUT2D eigenvalue weighted by Gasteiger charge is -2.16. The average molecular weight is 350 g/mol. The van der Waals surface area contributed by atoms with Crippen molar-refractivity contribution in [2.24, 2.45) is 0 Å². The third kappa shape index (κ3) is 4.79. The molecule has 0 saturated heterocycles. The minimum atomic E-state index is 0.619. The standard InChI is InChI=1S/C19H24ClNO3/c1-4-9-24-19-15(10-16(20)11-18(19)23-3)13-21-12-14-7-5-6-8-17(14)22-2/h5-8,10-11,21H,4,9,12-13H2,1-3H3. The van der Waals surface area contributed by atoms with Gasteiger partial charge in [-0.05, 0) is 18.6 Å². The molecule has 4 nitrogen and oxygen atoms in total. The minimum Gasteiger partial charge on any atom is -0.496 e. The topological polar surface area (TPSA) is 39.7 Å². The molecule has 2 aromatic carbocycles. The van der Waals surface area contributed by atoms with Crippen LogP contribution in [0.3, 0.4) is 0 Å². The molecule has 0 atom stereocenters. The van der Waals surface area contributed by atoms with Gasteiger partial charge >= 0.3 is 0 Å². The number of benzene rings is 2. The van der Waals surface area contributed by atoms with E-state index in [9.17, 15) is 0 Å². The van der Waals surface area contributed by atoms with Gasteiger partial charge in [0, 0.05) is 35.3 Å². The molecule has 2 rings (SSSR count). The Labute approximate surface area is 148 Å². The molecule has 0 radical (unpaired) electrons. The maximum atomic E-state index is 6.20. The summed E-state index contributed by atoms with van der Waals surface area (Å²) < 4.78 is 16.6. The molecular formula is C19H24ClNO3. The van der Waals surface area contributed by atoms with E-state index in [1.54, 1.807) is 20.3 Å². The molecule has 1 N–H and O–H groups in total. The maximum absolute atomic E-state index is 6.20. The molecule has 5 heteroatoms. The second-order valence-electron chi connectivity index (χ2n) is 5.36. The molecule has 0 fully saturated rings. The van der Waals surface area contributed by atoms with Gasteiger partial charge in [0.1, 0.15) is 5.75 Å². The number of hydrogen-bond donors (Lipinski definition) is 1. The Bertz CT molecular complexity index is 661. The number of nitrogens with one attached hydrogen (secondary N) is 1. The molecule has 0 aliphatic rings. The van der Waals surface area contributed by atoms with E-state index in [4.69, 9.17) is 25.8 Å². The smallest absolute Gasteiger partial charge is 0.165 e. The Balaban J connectivity index is 2.12. The van der Waals surface area contributed by atoms with Crippen LogP contribution >= 0.6 is 11.6 Å². The fourth-order valence-corrected chi connectivity index (χ4v) is 2.69. The monoisotopic (exact) mass is 349 g/mol. The Kier molecular flexibility index (Phi) is 7.22. The van der Waals surface area contributed by atoms with Gasteiger partial charge in [-0.3, -0.25) is 0 Å². The summed E-state index contributed by atoms with van der Waals surface area (Å²) in [4.78, 5) is 0. The van der Waals surface area contributed by atoms with Crippen molar-refractivity contribution < 1.29 is 14.2 Å². The second-order valence-corrected chi connectivity index (χ2v) is 5.80. The van der Waals surface area contributed by atoms with Crippen LogP contribution in [0.5, 0.6) is 17.2 Å². The van der Waals surface area contributed by atoms with Gasteiger partial charge < -0.3 is 19.5 Å². The van der Waals surface area contributed by atoms with Gasteiger partial charge in [0.15, 0.2) is 11.5 Å². The third-order valence-corrected chi connectivity index (χ3v) is 3.81. The lowest BCUT2D eigenvalue weighted by atomic mass is 10.1. The van der Waals surface area contributed by atoms with Gasteiger partial charge in [-0.2, -0.15) is 0 Å². The Hall–Kier alpha value is -1.91. The zero-order valence-corrected chi connectivity index (χ0v) is 15.2. The van der Waals surface area contributed by atoms with Crippen LogP contribution in [-0.2, 0) is 13.1 Å². The van der Waals surface area contributed by atoms with E-state index < -0.39 is 0 Å². The van der Waals surface area contributed by atoms with Gasteiger partial charge in [0.05, 0.1) is 20.8 Å². The molecule has 0 aliphatic heterocycles. The molecular weight excluding hydrogens is 326 g/mol. The highest BCUT2D eigenvalue weighted by Gasteiger charge is 2.13. The van der Waals surface area contributed by atoms with Crippen molar-refractivity contribution in [2.45, 2.75) is 26.4 Å². The van der Waals surface area contributed by atoms with Crippen LogP contribution in [0.25, 0.3) is 0 Å². The number of halogens is 1. The third-order valence-electron chi connectivity index (χ3n) is 3.59. The van der Waals surface area contributed by atoms with Crippen LogP contribution in [0, 0.1) is 0 Å². The SMILES string of the molecule is CCCOc1c(CNCc2ccccc2OC)cc(Cl)cc1OC. The van der Waals surface area contributed by atoms with E-state index in [2.05, 4.69) is 12.2 Å². The molecule has 0 saturated carbocycles. The van der Waals surface area contributed by atoms with Gasteiger partial charge in [0.25, 0.3) is 0 Å². The van der Waals surface area contributed by atoms with E-state index in [1.807, 2.05) is 30.3 Å². The predicted octanol–water partition coefficient (Wildman–Crippen LogP) is 4.44. The number of methoxy groups -OCH3 is 2. The van der Waals surface area contributed by atoms with Gasteiger partial charge in [-0.15, -0.1) is 0 Å². The molecule has 0 aliphatic carbocycles. The van der Waals surface area contributed by atoms with Crippen molar-refractivity contribution in [2.75, 3.05) is 20.8 Å². The summed E-state index contributed by atoms with van der Waals surface area (Å²) in [5.41, 5.74) is 2.08. The quantitative estimate of drug-likeness (QED) is 0.726. The van der Waals surface area contributed by atoms with E-state index in [0.717, 1.165) is 29.0 Å². The largest absolute Gasteiger partial charge is 0.496 e. The van der Waals surface area contributed by atoms with E-state index in [-0.39, 0.29) is 0 Å². The van der Waals surface area contributed by atoms with Gasteiger partial charge in [-0.25, -0.2) is 0 Å². The average Bonchev–Trinajstić information content (AvgIpc) is 2.60. The Morgan fingerprint density at radius 2 is 1.67 bits per heavy atom. The first-order valence-corrected chi connectivity index (χ1v) is 8.39. The predicted molar refractivity (Wildman–Crippen MR) is 97.3 cm³/mol. The summed E-state index contributed by atoms with van der Waals surface area (Å²) >= 11 is 6.20. The fourth-order valence-electron chi connectivity index (χ4n) is 2.45. The van der Waals surface area contributed by atoms with E-state index >= 15 is 0 Å². The number of para-hydroxylation sites is 1. The zero-order valence-electron chi connectivity index (χ0n) is 14.4. The lowest BCUT2D eigenvalue weighted by molar-refractivity contribution is 0.290. The zero-order chi connectivity index (χ0) is 17.4. The van der Waals surface area contributed by atoms with Crippen LogP contribution < -0.4 is 19.5 Å². The highest BCUT2D eigenvalue weighted by atomic mass is 35.5. The summed E-state index contributed by atoms with van der Waals surface area (Å²) in [6, 6.07) is 11.6. The Morgan fingerprint density at radius 1 is 0.958 bits per heavy atom. The fraction of sp³-hybridized carbons (Fsp3) is 0.368. The molecule has 0 heterocycles. The van der Waals surface area contributed by atoms with Crippen molar-refractivity contribution in [3.05, 3.63) is 52.5 Å². The van der Waals surface area contributed by atoms with Crippen molar-refractivity contribution in [1.82, 2.24) is 5.32 Å². The molecule has 130 valence electrons. The summed E-state index contributed by atoms with van der Waals surface area (Å²) in [6.07, 6.45) is 0.930. The van der Waals surface area contributed by atoms with Gasteiger partial charge in [-0.1, -0.05) is 36.7 Å². The molecule has 0 aromatic heterocycles. The van der Waals surface area contributed by atoms with E-state index in [0.29, 0.717) is 30.5 Å². The first kappa shape index (κ1) is 18.4. The number of ether oxygens (including phenoxy) is 3. The maximum Gasteiger partial charge on any atom is 0.165 e. The molecule has 24 heavy (non-hydrogen) atoms. The molecule has 0 amide bonds. The van der Waals surface area contributed by atoms with Crippen LogP contribution in [0.2, 0.25) is 5.02 Å². The van der Waals surface area contributed by atoms with Crippen molar-refractivity contribution in [1.29, 1.82) is 0 Å². The lowest BCUT2D eigenvalue weighted by Crippen LogP contribution is -2.15. The second kappa shape index (κ2) is 9.40. The van der Waals surface area contributed by atoms with Gasteiger partial charge in [0.2, 0.25) is 0 Å². The van der Waals surface area contributed by atoms with Crippen LogP contribution in [0.1, 0.15) is 24.5 Å².